The molecule has 2 aliphatic heterocycles. The Hall–Kier alpha value is -3.72. The lowest BCUT2D eigenvalue weighted by molar-refractivity contribution is -0.00202. The normalized spacial score (nSPS) is 18.0. The molecule has 9 heteroatoms. The number of carbonyl (C=O) groups is 2. The molecular weight excluding hydrogens is 422 g/mol. The zero-order valence-corrected chi connectivity index (χ0v) is 18.4. The van der Waals surface area contributed by atoms with Crippen LogP contribution >= 0.6 is 0 Å². The number of hydrogen-bond acceptors (Lipinski definition) is 6. The van der Waals surface area contributed by atoms with Gasteiger partial charge in [0.25, 0.3) is 11.8 Å². The van der Waals surface area contributed by atoms with Crippen molar-refractivity contribution in [3.05, 3.63) is 77.1 Å². The van der Waals surface area contributed by atoms with Crippen LogP contribution in [0.15, 0.2) is 54.6 Å². The zero-order chi connectivity index (χ0) is 22.8. The number of piperazine rings is 1. The molecule has 0 saturated carbocycles. The fourth-order valence-corrected chi connectivity index (χ4v) is 4.30. The van der Waals surface area contributed by atoms with Gasteiger partial charge in [-0.3, -0.25) is 9.59 Å². The van der Waals surface area contributed by atoms with Gasteiger partial charge in [0.1, 0.15) is 11.9 Å². The largest absolute Gasteiger partial charge is 0.496 e. The second kappa shape index (κ2) is 9.03. The smallest absolute Gasteiger partial charge is 0.276 e. The lowest BCUT2D eigenvalue weighted by atomic mass is 10.1. The van der Waals surface area contributed by atoms with Gasteiger partial charge in [-0.1, -0.05) is 47.7 Å². The van der Waals surface area contributed by atoms with Crippen molar-refractivity contribution in [3.8, 4) is 5.75 Å². The van der Waals surface area contributed by atoms with Crippen molar-refractivity contribution in [2.75, 3.05) is 33.3 Å². The van der Waals surface area contributed by atoms with Gasteiger partial charge in [-0.25, -0.2) is 4.68 Å². The zero-order valence-electron chi connectivity index (χ0n) is 18.4. The standard InChI is InChI=1S/C24H25N5O4/c1-32-20-10-6-5-9-18(20)23(30)27-11-13-28(14-12-27)24(31)22-19-16-33-21(15-29(19)26-25-22)17-7-3-2-4-8-17/h2-10,21H,11-16H2,1H3/t21-/m0/s1. The Balaban J connectivity index is 1.23. The van der Waals surface area contributed by atoms with Crippen LogP contribution in [-0.4, -0.2) is 69.9 Å². The van der Waals surface area contributed by atoms with Gasteiger partial charge in [-0.2, -0.15) is 0 Å². The number of methoxy groups -OCH3 is 1. The van der Waals surface area contributed by atoms with E-state index in [9.17, 15) is 9.59 Å². The molecule has 0 radical (unpaired) electrons. The molecule has 1 fully saturated rings. The number of benzene rings is 2. The van der Waals surface area contributed by atoms with E-state index in [0.717, 1.165) is 5.56 Å². The highest BCUT2D eigenvalue weighted by Gasteiger charge is 2.32. The van der Waals surface area contributed by atoms with Crippen LogP contribution in [0.5, 0.6) is 5.75 Å². The molecule has 2 aliphatic rings. The van der Waals surface area contributed by atoms with E-state index >= 15 is 0 Å². The Morgan fingerprint density at radius 1 is 0.939 bits per heavy atom. The molecule has 3 heterocycles. The lowest BCUT2D eigenvalue weighted by Gasteiger charge is -2.34. The van der Waals surface area contributed by atoms with Crippen LogP contribution in [0.2, 0.25) is 0 Å². The maximum Gasteiger partial charge on any atom is 0.276 e. The maximum absolute atomic E-state index is 13.2. The molecule has 2 amide bonds. The lowest BCUT2D eigenvalue weighted by Crippen LogP contribution is -2.50. The predicted molar refractivity (Wildman–Crippen MR) is 119 cm³/mol. The van der Waals surface area contributed by atoms with Crippen LogP contribution < -0.4 is 4.74 Å². The van der Waals surface area contributed by atoms with Gasteiger partial charge in [0, 0.05) is 26.2 Å². The predicted octanol–water partition coefficient (Wildman–Crippen LogP) is 2.16. The molecule has 0 aliphatic carbocycles. The summed E-state index contributed by atoms with van der Waals surface area (Å²) in [5.74, 6) is 0.272. The number of ether oxygens (including phenoxy) is 2. The Labute approximate surface area is 191 Å². The number of para-hydroxylation sites is 1. The Morgan fingerprint density at radius 2 is 1.61 bits per heavy atom. The van der Waals surface area contributed by atoms with Crippen LogP contribution in [0.4, 0.5) is 0 Å². The van der Waals surface area contributed by atoms with Gasteiger partial charge in [-0.15, -0.1) is 5.10 Å². The number of fused-ring (bicyclic) bond motifs is 1. The number of nitrogens with zero attached hydrogens (tertiary/aromatic N) is 5. The highest BCUT2D eigenvalue weighted by Crippen LogP contribution is 2.27. The van der Waals surface area contributed by atoms with E-state index in [1.807, 2.05) is 42.5 Å². The molecule has 1 saturated heterocycles. The number of amides is 2. The molecule has 3 aromatic rings. The maximum atomic E-state index is 13.2. The first-order valence-corrected chi connectivity index (χ1v) is 11.0. The van der Waals surface area contributed by atoms with Crippen molar-refractivity contribution in [2.24, 2.45) is 0 Å². The number of carbonyl (C=O) groups excluding carboxylic acids is 2. The fourth-order valence-electron chi connectivity index (χ4n) is 4.30. The van der Waals surface area contributed by atoms with Crippen LogP contribution in [0.3, 0.4) is 0 Å². The van der Waals surface area contributed by atoms with Crippen LogP contribution in [0, 0.1) is 0 Å². The molecule has 33 heavy (non-hydrogen) atoms. The van der Waals surface area contributed by atoms with Gasteiger partial charge in [0.15, 0.2) is 5.69 Å². The number of rotatable bonds is 4. The summed E-state index contributed by atoms with van der Waals surface area (Å²) in [6.07, 6.45) is -0.118. The monoisotopic (exact) mass is 447 g/mol. The molecule has 2 aromatic carbocycles. The van der Waals surface area contributed by atoms with Crippen molar-refractivity contribution >= 4 is 11.8 Å². The Kier molecular flexibility index (Phi) is 5.78. The molecule has 0 bridgehead atoms. The van der Waals surface area contributed by atoms with Crippen molar-refractivity contribution in [3.63, 3.8) is 0 Å². The van der Waals surface area contributed by atoms with E-state index in [-0.39, 0.29) is 24.5 Å². The minimum absolute atomic E-state index is 0.0964. The Morgan fingerprint density at radius 3 is 2.33 bits per heavy atom. The third-order valence-electron chi connectivity index (χ3n) is 6.16. The molecule has 1 atom stereocenters. The molecule has 9 nitrogen and oxygen atoms in total. The third-order valence-corrected chi connectivity index (χ3v) is 6.16. The average Bonchev–Trinajstić information content (AvgIpc) is 3.31. The quantitative estimate of drug-likeness (QED) is 0.609. The topological polar surface area (TPSA) is 89.8 Å². The summed E-state index contributed by atoms with van der Waals surface area (Å²) >= 11 is 0. The highest BCUT2D eigenvalue weighted by atomic mass is 16.5. The van der Waals surface area contributed by atoms with E-state index in [2.05, 4.69) is 10.3 Å². The summed E-state index contributed by atoms with van der Waals surface area (Å²) in [7, 11) is 1.55. The van der Waals surface area contributed by atoms with Crippen LogP contribution in [0.25, 0.3) is 0 Å². The highest BCUT2D eigenvalue weighted by molar-refractivity contribution is 5.97. The van der Waals surface area contributed by atoms with E-state index in [1.165, 1.54) is 0 Å². The first kappa shape index (κ1) is 21.1. The minimum atomic E-state index is -0.178. The van der Waals surface area contributed by atoms with E-state index in [1.54, 1.807) is 33.7 Å². The number of hydrogen-bond donors (Lipinski definition) is 0. The second-order valence-corrected chi connectivity index (χ2v) is 8.06. The third kappa shape index (κ3) is 4.07. The summed E-state index contributed by atoms with van der Waals surface area (Å²) in [6, 6.07) is 17.1. The van der Waals surface area contributed by atoms with Crippen molar-refractivity contribution in [1.82, 2.24) is 24.8 Å². The average molecular weight is 447 g/mol. The van der Waals surface area contributed by atoms with Gasteiger partial charge in [0.2, 0.25) is 0 Å². The van der Waals surface area contributed by atoms with Crippen LogP contribution in [0.1, 0.15) is 38.2 Å². The summed E-state index contributed by atoms with van der Waals surface area (Å²) in [5, 5.41) is 8.38. The van der Waals surface area contributed by atoms with Crippen LogP contribution in [-0.2, 0) is 17.9 Å². The SMILES string of the molecule is COc1ccccc1C(=O)N1CCN(C(=O)c2nnn3c2CO[C@H](c2ccccc2)C3)CC1. The molecule has 5 rings (SSSR count). The summed E-state index contributed by atoms with van der Waals surface area (Å²) in [5.41, 5.74) is 2.62. The van der Waals surface area contributed by atoms with Gasteiger partial charge < -0.3 is 19.3 Å². The fraction of sp³-hybridized carbons (Fsp3) is 0.333. The molecular formula is C24H25N5O4. The first-order valence-electron chi connectivity index (χ1n) is 11.0. The van der Waals surface area contributed by atoms with E-state index in [0.29, 0.717) is 55.4 Å². The summed E-state index contributed by atoms with van der Waals surface area (Å²) in [6.45, 7) is 2.54. The van der Waals surface area contributed by atoms with Crippen molar-refractivity contribution in [2.45, 2.75) is 19.3 Å². The summed E-state index contributed by atoms with van der Waals surface area (Å²) in [4.78, 5) is 29.6. The number of aromatic nitrogens is 3. The molecule has 0 N–H and O–H groups in total. The van der Waals surface area contributed by atoms with Gasteiger partial charge in [0.05, 0.1) is 31.5 Å². The van der Waals surface area contributed by atoms with Gasteiger partial charge in [-0.05, 0) is 17.7 Å². The van der Waals surface area contributed by atoms with E-state index in [4.69, 9.17) is 9.47 Å². The summed E-state index contributed by atoms with van der Waals surface area (Å²) < 4.78 is 13.1. The Bertz CT molecular complexity index is 1150. The minimum Gasteiger partial charge on any atom is -0.496 e. The first-order chi connectivity index (χ1) is 16.2. The molecule has 0 spiro atoms. The van der Waals surface area contributed by atoms with Crippen molar-refractivity contribution < 1.29 is 19.1 Å². The van der Waals surface area contributed by atoms with Crippen molar-refractivity contribution in [1.29, 1.82) is 0 Å². The second-order valence-electron chi connectivity index (χ2n) is 8.06. The van der Waals surface area contributed by atoms with E-state index < -0.39 is 0 Å². The molecule has 1 aromatic heterocycles. The molecule has 0 unspecified atom stereocenters. The molecule has 170 valence electrons. The van der Waals surface area contributed by atoms with Gasteiger partial charge >= 0.3 is 0 Å².